The molecular weight excluding hydrogens is 265 g/mol. The van der Waals surface area contributed by atoms with Gasteiger partial charge in [-0.25, -0.2) is 0 Å². The maximum Gasteiger partial charge on any atom is 0.425 e. The molecular formula is C11H13F3N2OS. The standard InChI is InChI=1S/C11H13F3N2OS/c1-2-16-9(17)4-7(15)10(16)6-3-8(18-5-6)11(12,13)14/h3,5,7,10H,2,4,15H2,1H3/t7-,10+/m0/s1. The molecule has 7 heteroatoms. The summed E-state index contributed by atoms with van der Waals surface area (Å²) in [6, 6.07) is 0.221. The Morgan fingerprint density at radius 1 is 1.56 bits per heavy atom. The minimum Gasteiger partial charge on any atom is -0.334 e. The minimum absolute atomic E-state index is 0.102. The van der Waals surface area contributed by atoms with Crippen molar-refractivity contribution in [1.29, 1.82) is 0 Å². The lowest BCUT2D eigenvalue weighted by Crippen LogP contribution is -2.32. The molecule has 1 fully saturated rings. The lowest BCUT2D eigenvalue weighted by Gasteiger charge is -2.24. The summed E-state index contributed by atoms with van der Waals surface area (Å²) in [5, 5.41) is 1.44. The second-order valence-electron chi connectivity index (χ2n) is 4.23. The van der Waals surface area contributed by atoms with Gasteiger partial charge < -0.3 is 10.6 Å². The summed E-state index contributed by atoms with van der Waals surface area (Å²) < 4.78 is 37.6. The van der Waals surface area contributed by atoms with Gasteiger partial charge in [0.15, 0.2) is 0 Å². The molecule has 0 spiro atoms. The Hall–Kier alpha value is -1.08. The van der Waals surface area contributed by atoms with Crippen LogP contribution in [0, 0.1) is 0 Å². The van der Waals surface area contributed by atoms with Crippen molar-refractivity contribution in [3.63, 3.8) is 0 Å². The number of thiophene rings is 1. The summed E-state index contributed by atoms with van der Waals surface area (Å²) in [5.41, 5.74) is 6.33. The summed E-state index contributed by atoms with van der Waals surface area (Å²) in [5.74, 6) is -0.102. The molecule has 2 heterocycles. The third kappa shape index (κ3) is 2.24. The van der Waals surface area contributed by atoms with Crippen LogP contribution in [0.15, 0.2) is 11.4 Å². The van der Waals surface area contributed by atoms with Crippen LogP contribution >= 0.6 is 11.3 Å². The molecule has 0 radical (unpaired) electrons. The summed E-state index contributed by atoms with van der Waals surface area (Å²) in [4.78, 5) is 12.5. The number of rotatable bonds is 2. The fourth-order valence-corrected chi connectivity index (χ4v) is 3.08. The van der Waals surface area contributed by atoms with Crippen molar-refractivity contribution in [2.45, 2.75) is 31.6 Å². The predicted octanol–water partition coefficient (Wildman–Crippen LogP) is 2.39. The van der Waals surface area contributed by atoms with Gasteiger partial charge in [-0.1, -0.05) is 0 Å². The smallest absolute Gasteiger partial charge is 0.334 e. The molecule has 1 aromatic heterocycles. The molecule has 100 valence electrons. The van der Waals surface area contributed by atoms with Crippen LogP contribution in [0.3, 0.4) is 0 Å². The van der Waals surface area contributed by atoms with Crippen molar-refractivity contribution in [2.24, 2.45) is 5.73 Å². The Balaban J connectivity index is 2.31. The van der Waals surface area contributed by atoms with Crippen LogP contribution in [0.4, 0.5) is 13.2 Å². The number of alkyl halides is 3. The summed E-state index contributed by atoms with van der Waals surface area (Å²) >= 11 is 0.641. The average Bonchev–Trinajstić information content (AvgIpc) is 2.81. The first-order valence-corrected chi connectivity index (χ1v) is 6.43. The second-order valence-corrected chi connectivity index (χ2v) is 5.15. The second kappa shape index (κ2) is 4.55. The first-order chi connectivity index (χ1) is 8.34. The number of nitrogens with zero attached hydrogens (tertiary/aromatic N) is 1. The number of amides is 1. The van der Waals surface area contributed by atoms with Crippen LogP contribution in [-0.2, 0) is 11.0 Å². The Labute approximate surface area is 106 Å². The molecule has 1 saturated heterocycles. The highest BCUT2D eigenvalue weighted by Gasteiger charge is 2.40. The monoisotopic (exact) mass is 278 g/mol. The summed E-state index contributed by atoms with van der Waals surface area (Å²) in [6.07, 6.45) is -4.15. The van der Waals surface area contributed by atoms with Crippen LogP contribution in [0.25, 0.3) is 0 Å². The minimum atomic E-state index is -4.34. The summed E-state index contributed by atoms with van der Waals surface area (Å²) in [7, 11) is 0. The molecule has 0 aliphatic carbocycles. The van der Waals surface area contributed by atoms with Crippen molar-refractivity contribution in [3.05, 3.63) is 21.9 Å². The van der Waals surface area contributed by atoms with Crippen molar-refractivity contribution < 1.29 is 18.0 Å². The van der Waals surface area contributed by atoms with E-state index in [0.717, 1.165) is 6.07 Å². The molecule has 0 unspecified atom stereocenters. The molecule has 2 N–H and O–H groups in total. The zero-order chi connectivity index (χ0) is 13.5. The number of halogens is 3. The van der Waals surface area contributed by atoms with Gasteiger partial charge >= 0.3 is 6.18 Å². The molecule has 3 nitrogen and oxygen atoms in total. The van der Waals surface area contributed by atoms with Gasteiger partial charge in [-0.2, -0.15) is 13.2 Å². The topological polar surface area (TPSA) is 46.3 Å². The predicted molar refractivity (Wildman–Crippen MR) is 62.0 cm³/mol. The van der Waals surface area contributed by atoms with E-state index >= 15 is 0 Å². The van der Waals surface area contributed by atoms with Crippen LogP contribution in [0.2, 0.25) is 0 Å². The molecule has 2 atom stereocenters. The Kier molecular flexibility index (Phi) is 3.37. The largest absolute Gasteiger partial charge is 0.425 e. The number of carbonyl (C=O) groups is 1. The van der Waals surface area contributed by atoms with Gasteiger partial charge in [-0.05, 0) is 23.9 Å². The zero-order valence-corrected chi connectivity index (χ0v) is 10.5. The summed E-state index contributed by atoms with van der Waals surface area (Å²) in [6.45, 7) is 2.24. The fraction of sp³-hybridized carbons (Fsp3) is 0.545. The zero-order valence-electron chi connectivity index (χ0n) is 9.70. The Morgan fingerprint density at radius 2 is 2.22 bits per heavy atom. The Bertz CT molecular complexity index is 457. The van der Waals surface area contributed by atoms with E-state index in [-0.39, 0.29) is 12.3 Å². The van der Waals surface area contributed by atoms with Gasteiger partial charge in [0.1, 0.15) is 4.88 Å². The molecule has 0 bridgehead atoms. The van der Waals surface area contributed by atoms with Crippen LogP contribution in [0.1, 0.15) is 29.8 Å². The molecule has 1 aromatic rings. The van der Waals surface area contributed by atoms with E-state index in [4.69, 9.17) is 5.73 Å². The van der Waals surface area contributed by atoms with Crippen LogP contribution in [-0.4, -0.2) is 23.4 Å². The maximum absolute atomic E-state index is 12.5. The number of hydrogen-bond donors (Lipinski definition) is 1. The lowest BCUT2D eigenvalue weighted by atomic mass is 10.0. The van der Waals surface area contributed by atoms with E-state index in [0.29, 0.717) is 23.4 Å². The van der Waals surface area contributed by atoms with Gasteiger partial charge in [-0.3, -0.25) is 4.79 Å². The molecule has 0 aromatic carbocycles. The molecule has 18 heavy (non-hydrogen) atoms. The van der Waals surface area contributed by atoms with E-state index in [1.807, 2.05) is 0 Å². The average molecular weight is 278 g/mol. The maximum atomic E-state index is 12.5. The number of likely N-dealkylation sites (tertiary alicyclic amines) is 1. The van der Waals surface area contributed by atoms with Crippen molar-refractivity contribution >= 4 is 17.2 Å². The third-order valence-corrected chi connectivity index (χ3v) is 4.05. The van der Waals surface area contributed by atoms with Crippen LogP contribution < -0.4 is 5.73 Å². The normalized spacial score (nSPS) is 24.9. The van der Waals surface area contributed by atoms with E-state index in [2.05, 4.69) is 0 Å². The van der Waals surface area contributed by atoms with E-state index in [1.54, 1.807) is 6.92 Å². The molecule has 2 rings (SSSR count). The highest BCUT2D eigenvalue weighted by molar-refractivity contribution is 7.10. The molecule has 0 saturated carbocycles. The highest BCUT2D eigenvalue weighted by Crippen LogP contribution is 2.39. The first-order valence-electron chi connectivity index (χ1n) is 5.55. The first kappa shape index (κ1) is 13.4. The molecule has 1 aliphatic heterocycles. The van der Waals surface area contributed by atoms with Gasteiger partial charge in [0, 0.05) is 19.0 Å². The molecule has 1 aliphatic rings. The number of likely N-dealkylation sites (N-methyl/N-ethyl adjacent to an activating group) is 1. The van der Waals surface area contributed by atoms with Gasteiger partial charge in [0.05, 0.1) is 6.04 Å². The number of hydrogen-bond acceptors (Lipinski definition) is 3. The van der Waals surface area contributed by atoms with Crippen LogP contribution in [0.5, 0.6) is 0 Å². The van der Waals surface area contributed by atoms with E-state index in [9.17, 15) is 18.0 Å². The van der Waals surface area contributed by atoms with Crippen molar-refractivity contribution in [2.75, 3.05) is 6.54 Å². The SMILES string of the molecule is CCN1C(=O)C[C@H](N)[C@H]1c1csc(C(F)(F)F)c1. The number of carbonyl (C=O) groups excluding carboxylic acids is 1. The lowest BCUT2D eigenvalue weighted by molar-refractivity contribution is -0.134. The van der Waals surface area contributed by atoms with Gasteiger partial charge in [0.25, 0.3) is 0 Å². The van der Waals surface area contributed by atoms with Crippen molar-refractivity contribution in [3.8, 4) is 0 Å². The Morgan fingerprint density at radius 3 is 2.72 bits per heavy atom. The quantitative estimate of drug-likeness (QED) is 0.903. The van der Waals surface area contributed by atoms with E-state index < -0.39 is 23.1 Å². The fourth-order valence-electron chi connectivity index (χ4n) is 2.27. The van der Waals surface area contributed by atoms with E-state index in [1.165, 1.54) is 10.3 Å². The third-order valence-electron chi connectivity index (χ3n) is 3.05. The van der Waals surface area contributed by atoms with Crippen molar-refractivity contribution in [1.82, 2.24) is 4.90 Å². The van der Waals surface area contributed by atoms with Gasteiger partial charge in [-0.15, -0.1) is 11.3 Å². The highest BCUT2D eigenvalue weighted by atomic mass is 32.1. The number of nitrogens with two attached hydrogens (primary N) is 1. The van der Waals surface area contributed by atoms with Gasteiger partial charge in [0.2, 0.25) is 5.91 Å². The molecule has 1 amide bonds.